The normalized spacial score (nSPS) is 11.9. The SMILES string of the molecule is O=C(O)c1cc(C(F)F)c(F)nc1C(F)(F)F. The summed E-state index contributed by atoms with van der Waals surface area (Å²) in [5.41, 5.74) is -5.06. The Balaban J connectivity index is 3.53. The number of nitrogens with zero attached hydrogens (tertiary/aromatic N) is 1. The molecule has 1 N–H and O–H groups in total. The van der Waals surface area contributed by atoms with Crippen LogP contribution in [0.5, 0.6) is 0 Å². The number of aromatic nitrogens is 1. The van der Waals surface area contributed by atoms with Gasteiger partial charge in [-0.15, -0.1) is 0 Å². The molecule has 0 aliphatic carbocycles. The molecule has 1 aromatic heterocycles. The van der Waals surface area contributed by atoms with Gasteiger partial charge in [0.15, 0.2) is 5.69 Å². The van der Waals surface area contributed by atoms with E-state index in [0.717, 1.165) is 0 Å². The largest absolute Gasteiger partial charge is 0.478 e. The fraction of sp³-hybridized carbons (Fsp3) is 0.250. The minimum Gasteiger partial charge on any atom is -0.478 e. The van der Waals surface area contributed by atoms with E-state index in [-0.39, 0.29) is 6.07 Å². The maximum atomic E-state index is 12.8. The quantitative estimate of drug-likeness (QED) is 0.656. The Kier molecular flexibility index (Phi) is 3.30. The van der Waals surface area contributed by atoms with Crippen molar-refractivity contribution in [3.8, 4) is 0 Å². The van der Waals surface area contributed by atoms with Crippen molar-refractivity contribution < 1.29 is 36.2 Å². The first kappa shape index (κ1) is 13.3. The number of aromatic carboxylic acids is 1. The van der Waals surface area contributed by atoms with Gasteiger partial charge in [-0.25, -0.2) is 18.6 Å². The third kappa shape index (κ3) is 2.66. The number of alkyl halides is 5. The molecule has 1 rings (SSSR count). The van der Waals surface area contributed by atoms with Crippen LogP contribution in [0.1, 0.15) is 28.0 Å². The Labute approximate surface area is 89.7 Å². The lowest BCUT2D eigenvalue weighted by Gasteiger charge is -2.11. The van der Waals surface area contributed by atoms with Crippen molar-refractivity contribution in [1.29, 1.82) is 0 Å². The van der Waals surface area contributed by atoms with Crippen LogP contribution in [-0.4, -0.2) is 16.1 Å². The van der Waals surface area contributed by atoms with E-state index in [1.54, 1.807) is 0 Å². The highest BCUT2D eigenvalue weighted by Gasteiger charge is 2.39. The van der Waals surface area contributed by atoms with Crippen LogP contribution < -0.4 is 0 Å². The zero-order valence-electron chi connectivity index (χ0n) is 7.73. The Morgan fingerprint density at radius 2 is 1.88 bits per heavy atom. The van der Waals surface area contributed by atoms with Crippen LogP contribution in [0.25, 0.3) is 0 Å². The van der Waals surface area contributed by atoms with Gasteiger partial charge < -0.3 is 5.11 Å². The van der Waals surface area contributed by atoms with Gasteiger partial charge in [0.1, 0.15) is 0 Å². The predicted octanol–water partition coefficient (Wildman–Crippen LogP) is 2.88. The van der Waals surface area contributed by atoms with Crippen molar-refractivity contribution in [2.24, 2.45) is 0 Å². The van der Waals surface area contributed by atoms with Crippen molar-refractivity contribution in [3.63, 3.8) is 0 Å². The van der Waals surface area contributed by atoms with E-state index in [1.165, 1.54) is 0 Å². The molecule has 9 heteroatoms. The van der Waals surface area contributed by atoms with Gasteiger partial charge in [0, 0.05) is 0 Å². The summed E-state index contributed by atoms with van der Waals surface area (Å²) < 4.78 is 73.8. The van der Waals surface area contributed by atoms with Crippen LogP contribution in [0.4, 0.5) is 26.3 Å². The van der Waals surface area contributed by atoms with Gasteiger partial charge in [-0.1, -0.05) is 0 Å². The predicted molar refractivity (Wildman–Crippen MR) is 41.1 cm³/mol. The summed E-state index contributed by atoms with van der Waals surface area (Å²) in [5, 5.41) is 8.42. The zero-order valence-corrected chi connectivity index (χ0v) is 7.73. The van der Waals surface area contributed by atoms with E-state index >= 15 is 0 Å². The molecule has 3 nitrogen and oxygen atoms in total. The van der Waals surface area contributed by atoms with Gasteiger partial charge in [-0.3, -0.25) is 0 Å². The van der Waals surface area contributed by atoms with Crippen molar-refractivity contribution in [3.05, 3.63) is 28.8 Å². The molecule has 0 aliphatic heterocycles. The van der Waals surface area contributed by atoms with Crippen LogP contribution in [0.3, 0.4) is 0 Å². The summed E-state index contributed by atoms with van der Waals surface area (Å²) in [6, 6.07) is -0.0713. The number of carboxylic acid groups (broad SMARTS) is 1. The van der Waals surface area contributed by atoms with E-state index in [0.29, 0.717) is 0 Å². The number of halogens is 6. The molecule has 0 saturated carbocycles. The third-order valence-electron chi connectivity index (χ3n) is 1.74. The van der Waals surface area contributed by atoms with Crippen LogP contribution in [0, 0.1) is 5.95 Å². The molecule has 0 aromatic carbocycles. The van der Waals surface area contributed by atoms with E-state index in [4.69, 9.17) is 5.11 Å². The van der Waals surface area contributed by atoms with Crippen molar-refractivity contribution in [2.75, 3.05) is 0 Å². The first-order chi connectivity index (χ1) is 7.64. The Bertz CT molecular complexity index is 456. The van der Waals surface area contributed by atoms with Crippen LogP contribution in [0.15, 0.2) is 6.07 Å². The van der Waals surface area contributed by atoms with Gasteiger partial charge in [0.25, 0.3) is 6.43 Å². The summed E-state index contributed by atoms with van der Waals surface area (Å²) >= 11 is 0. The number of carbonyl (C=O) groups is 1. The molecular formula is C8H3F6NO2. The van der Waals surface area contributed by atoms with Crippen molar-refractivity contribution in [1.82, 2.24) is 4.98 Å². The van der Waals surface area contributed by atoms with E-state index < -0.39 is 41.3 Å². The standard InChI is InChI=1S/C8H3F6NO2/c9-5(10)3-1-2(7(16)17)4(8(12,13)14)15-6(3)11/h1,5H,(H,16,17). The van der Waals surface area contributed by atoms with Gasteiger partial charge in [0.2, 0.25) is 5.95 Å². The molecule has 1 aromatic rings. The fourth-order valence-corrected chi connectivity index (χ4v) is 1.04. The molecule has 0 fully saturated rings. The fourth-order valence-electron chi connectivity index (χ4n) is 1.04. The molecule has 0 amide bonds. The molecule has 0 radical (unpaired) electrons. The lowest BCUT2D eigenvalue weighted by atomic mass is 10.1. The Morgan fingerprint density at radius 1 is 1.35 bits per heavy atom. The lowest BCUT2D eigenvalue weighted by Crippen LogP contribution is -2.17. The van der Waals surface area contributed by atoms with Crippen molar-refractivity contribution in [2.45, 2.75) is 12.6 Å². The number of hydrogen-bond acceptors (Lipinski definition) is 2. The highest BCUT2D eigenvalue weighted by Crippen LogP contribution is 2.33. The second kappa shape index (κ2) is 4.22. The molecule has 0 aliphatic rings. The molecular weight excluding hydrogens is 256 g/mol. The highest BCUT2D eigenvalue weighted by atomic mass is 19.4. The van der Waals surface area contributed by atoms with Gasteiger partial charge in [-0.2, -0.15) is 17.6 Å². The highest BCUT2D eigenvalue weighted by molar-refractivity contribution is 5.89. The van der Waals surface area contributed by atoms with E-state index in [9.17, 15) is 31.1 Å². The minimum absolute atomic E-state index is 0.0713. The van der Waals surface area contributed by atoms with Crippen molar-refractivity contribution >= 4 is 5.97 Å². The van der Waals surface area contributed by atoms with Crippen LogP contribution >= 0.6 is 0 Å². The first-order valence-corrected chi connectivity index (χ1v) is 3.93. The second-order valence-electron chi connectivity index (χ2n) is 2.87. The molecule has 0 atom stereocenters. The Hall–Kier alpha value is -1.80. The molecule has 1 heterocycles. The summed E-state index contributed by atoms with van der Waals surface area (Å²) in [5.74, 6) is -4.16. The minimum atomic E-state index is -5.24. The topological polar surface area (TPSA) is 50.2 Å². The average Bonchev–Trinajstić information content (AvgIpc) is 2.14. The number of hydrogen-bond donors (Lipinski definition) is 1. The summed E-state index contributed by atoms with van der Waals surface area (Å²) in [4.78, 5) is 12.7. The van der Waals surface area contributed by atoms with E-state index in [2.05, 4.69) is 4.98 Å². The molecule has 0 unspecified atom stereocenters. The summed E-state index contributed by atoms with van der Waals surface area (Å²) in [6.07, 6.45) is -8.70. The molecule has 0 saturated heterocycles. The van der Waals surface area contributed by atoms with E-state index in [1.807, 2.05) is 0 Å². The maximum absolute atomic E-state index is 12.8. The zero-order chi connectivity index (χ0) is 13.4. The van der Waals surface area contributed by atoms with Crippen LogP contribution in [-0.2, 0) is 6.18 Å². The third-order valence-corrected chi connectivity index (χ3v) is 1.74. The van der Waals surface area contributed by atoms with Crippen LogP contribution in [0.2, 0.25) is 0 Å². The molecule has 94 valence electrons. The maximum Gasteiger partial charge on any atom is 0.434 e. The second-order valence-corrected chi connectivity index (χ2v) is 2.87. The lowest BCUT2D eigenvalue weighted by molar-refractivity contribution is -0.142. The number of carboxylic acids is 1. The smallest absolute Gasteiger partial charge is 0.434 e. The summed E-state index contributed by atoms with van der Waals surface area (Å²) in [7, 11) is 0. The van der Waals surface area contributed by atoms with Gasteiger partial charge >= 0.3 is 12.1 Å². The average molecular weight is 259 g/mol. The molecule has 0 bridgehead atoms. The molecule has 0 spiro atoms. The number of rotatable bonds is 2. The van der Waals surface area contributed by atoms with Gasteiger partial charge in [0.05, 0.1) is 11.1 Å². The Morgan fingerprint density at radius 3 is 2.24 bits per heavy atom. The first-order valence-electron chi connectivity index (χ1n) is 3.93. The molecule has 17 heavy (non-hydrogen) atoms. The monoisotopic (exact) mass is 259 g/mol. The summed E-state index contributed by atoms with van der Waals surface area (Å²) in [6.45, 7) is 0. The number of pyridine rings is 1. The van der Waals surface area contributed by atoms with Gasteiger partial charge in [-0.05, 0) is 6.07 Å².